The summed E-state index contributed by atoms with van der Waals surface area (Å²) in [5, 5.41) is 3.58. The van der Waals surface area contributed by atoms with Crippen LogP contribution in [0.1, 0.15) is 64.2 Å². The maximum absolute atomic E-state index is 12.2. The van der Waals surface area contributed by atoms with E-state index >= 15 is 0 Å². The minimum atomic E-state index is -0.370. The van der Waals surface area contributed by atoms with Crippen LogP contribution in [0.2, 0.25) is 0 Å². The molecule has 0 atom stereocenters. The van der Waals surface area contributed by atoms with Gasteiger partial charge in [0.2, 0.25) is 0 Å². The van der Waals surface area contributed by atoms with Gasteiger partial charge >= 0.3 is 5.97 Å². The van der Waals surface area contributed by atoms with E-state index in [1.165, 1.54) is 58.5 Å². The van der Waals surface area contributed by atoms with Crippen LogP contribution in [-0.4, -0.2) is 25.2 Å². The summed E-state index contributed by atoms with van der Waals surface area (Å²) >= 11 is 0. The zero-order chi connectivity index (χ0) is 13.3. The number of carbonyl (C=O) groups is 1. The predicted molar refractivity (Wildman–Crippen MR) is 74.8 cm³/mol. The van der Waals surface area contributed by atoms with Gasteiger partial charge in [0, 0.05) is 0 Å². The van der Waals surface area contributed by atoms with E-state index in [1.807, 2.05) is 0 Å². The zero-order valence-electron chi connectivity index (χ0n) is 12.2. The van der Waals surface area contributed by atoms with Gasteiger partial charge in [-0.15, -0.1) is 0 Å². The van der Waals surface area contributed by atoms with E-state index in [9.17, 15) is 4.79 Å². The van der Waals surface area contributed by atoms with Crippen molar-refractivity contribution >= 4 is 5.97 Å². The van der Waals surface area contributed by atoms with Crippen molar-refractivity contribution < 1.29 is 9.53 Å². The highest BCUT2D eigenvalue weighted by Gasteiger charge is 2.48. The van der Waals surface area contributed by atoms with Gasteiger partial charge in [-0.3, -0.25) is 4.79 Å². The molecule has 3 fully saturated rings. The first-order valence-electron chi connectivity index (χ1n) is 8.02. The third-order valence-electron chi connectivity index (χ3n) is 5.83. The quantitative estimate of drug-likeness (QED) is 0.794. The molecular formula is C16H27NO2. The molecule has 3 saturated carbocycles. The molecule has 0 amide bonds. The summed E-state index contributed by atoms with van der Waals surface area (Å²) in [6, 6.07) is 0. The Kier molecular flexibility index (Phi) is 3.59. The molecule has 0 saturated heterocycles. The second kappa shape index (κ2) is 5.08. The molecule has 0 aromatic heterocycles. The summed E-state index contributed by atoms with van der Waals surface area (Å²) in [4.78, 5) is 12.2. The summed E-state index contributed by atoms with van der Waals surface area (Å²) in [5.41, 5.74) is 0.198. The molecule has 0 heterocycles. The number of nitrogens with one attached hydrogen (secondary N) is 1. The highest BCUT2D eigenvalue weighted by atomic mass is 16.5. The van der Waals surface area contributed by atoms with Gasteiger partial charge in [0.25, 0.3) is 0 Å². The summed E-state index contributed by atoms with van der Waals surface area (Å²) in [6.45, 7) is 1.00. The van der Waals surface area contributed by atoms with Crippen LogP contribution in [0.25, 0.3) is 0 Å². The Morgan fingerprint density at radius 3 is 2.26 bits per heavy atom. The molecule has 3 rings (SSSR count). The molecule has 3 nitrogen and oxygen atoms in total. The molecule has 0 aliphatic heterocycles. The molecule has 3 aliphatic rings. The van der Waals surface area contributed by atoms with Gasteiger partial charge in [0.05, 0.1) is 7.11 Å². The number of hydrogen-bond acceptors (Lipinski definition) is 3. The molecule has 0 radical (unpaired) electrons. The Bertz CT molecular complexity index is 333. The number of hydrogen-bond donors (Lipinski definition) is 1. The van der Waals surface area contributed by atoms with Crippen molar-refractivity contribution in [3.8, 4) is 0 Å². The number of rotatable bonds is 4. The van der Waals surface area contributed by atoms with E-state index in [1.54, 1.807) is 0 Å². The van der Waals surface area contributed by atoms with Crippen LogP contribution in [0, 0.1) is 11.3 Å². The largest absolute Gasteiger partial charge is 0.468 e. The van der Waals surface area contributed by atoms with Crippen LogP contribution in [0.15, 0.2) is 0 Å². The first-order chi connectivity index (χ1) is 9.18. The normalized spacial score (nSPS) is 28.5. The standard InChI is InChI=1S/C16H27NO2/c1-19-14(18)16(17-12-13-4-5-13)10-8-15(9-11-16)6-2-3-7-15/h13,17H,2-12H2,1H3. The van der Waals surface area contributed by atoms with Gasteiger partial charge < -0.3 is 10.1 Å². The summed E-state index contributed by atoms with van der Waals surface area (Å²) < 4.78 is 5.10. The molecule has 0 aromatic rings. The number of carbonyl (C=O) groups excluding carboxylic acids is 1. The Labute approximate surface area is 116 Å². The molecule has 0 unspecified atom stereocenters. The van der Waals surface area contributed by atoms with E-state index < -0.39 is 0 Å². The van der Waals surface area contributed by atoms with Crippen molar-refractivity contribution in [3.05, 3.63) is 0 Å². The lowest BCUT2D eigenvalue weighted by molar-refractivity contribution is -0.151. The van der Waals surface area contributed by atoms with Gasteiger partial charge in [-0.05, 0) is 69.2 Å². The van der Waals surface area contributed by atoms with Crippen LogP contribution in [-0.2, 0) is 9.53 Å². The van der Waals surface area contributed by atoms with E-state index in [4.69, 9.17) is 4.74 Å². The first kappa shape index (κ1) is 13.4. The van der Waals surface area contributed by atoms with Crippen molar-refractivity contribution in [2.24, 2.45) is 11.3 Å². The topological polar surface area (TPSA) is 38.3 Å². The molecule has 0 aromatic carbocycles. The van der Waals surface area contributed by atoms with Crippen molar-refractivity contribution in [2.75, 3.05) is 13.7 Å². The lowest BCUT2D eigenvalue weighted by atomic mass is 9.66. The van der Waals surface area contributed by atoms with E-state index in [0.29, 0.717) is 5.41 Å². The molecule has 0 bridgehead atoms. The van der Waals surface area contributed by atoms with Gasteiger partial charge in [-0.25, -0.2) is 0 Å². The Morgan fingerprint density at radius 2 is 1.74 bits per heavy atom. The van der Waals surface area contributed by atoms with Crippen LogP contribution in [0.4, 0.5) is 0 Å². The third-order valence-corrected chi connectivity index (χ3v) is 5.83. The van der Waals surface area contributed by atoms with Crippen molar-refractivity contribution in [1.29, 1.82) is 0 Å². The molecular weight excluding hydrogens is 238 g/mol. The smallest absolute Gasteiger partial charge is 0.326 e. The molecule has 3 heteroatoms. The summed E-state index contributed by atoms with van der Waals surface area (Å²) in [7, 11) is 1.53. The third kappa shape index (κ3) is 2.67. The fourth-order valence-electron chi connectivity index (χ4n) is 4.14. The second-order valence-electron chi connectivity index (χ2n) is 7.11. The number of ether oxygens (including phenoxy) is 1. The maximum Gasteiger partial charge on any atom is 0.326 e. The lowest BCUT2D eigenvalue weighted by Crippen LogP contribution is -2.56. The van der Waals surface area contributed by atoms with Crippen LogP contribution >= 0.6 is 0 Å². The Morgan fingerprint density at radius 1 is 1.11 bits per heavy atom. The van der Waals surface area contributed by atoms with E-state index in [0.717, 1.165) is 25.3 Å². The SMILES string of the molecule is COC(=O)C1(NCC2CC2)CCC2(CCCC2)CC1. The summed E-state index contributed by atoms with van der Waals surface area (Å²) in [6.07, 6.45) is 12.6. The zero-order valence-corrected chi connectivity index (χ0v) is 12.2. The number of esters is 1. The monoisotopic (exact) mass is 265 g/mol. The summed E-state index contributed by atoms with van der Waals surface area (Å²) in [5.74, 6) is 0.782. The van der Waals surface area contributed by atoms with Gasteiger partial charge in [0.15, 0.2) is 0 Å². The minimum absolute atomic E-state index is 0.0269. The fraction of sp³-hybridized carbons (Fsp3) is 0.938. The lowest BCUT2D eigenvalue weighted by Gasteiger charge is -2.43. The van der Waals surface area contributed by atoms with Crippen LogP contribution in [0.3, 0.4) is 0 Å². The molecule has 19 heavy (non-hydrogen) atoms. The fourth-order valence-corrected chi connectivity index (χ4v) is 4.14. The maximum atomic E-state index is 12.2. The second-order valence-corrected chi connectivity index (χ2v) is 7.11. The van der Waals surface area contributed by atoms with Crippen molar-refractivity contribution in [3.63, 3.8) is 0 Å². The molecule has 1 N–H and O–H groups in total. The minimum Gasteiger partial charge on any atom is -0.468 e. The van der Waals surface area contributed by atoms with Gasteiger partial charge in [-0.1, -0.05) is 12.8 Å². The Balaban J connectivity index is 1.65. The van der Waals surface area contributed by atoms with Crippen molar-refractivity contribution in [1.82, 2.24) is 5.32 Å². The molecule has 108 valence electrons. The van der Waals surface area contributed by atoms with E-state index in [2.05, 4.69) is 5.32 Å². The number of methoxy groups -OCH3 is 1. The van der Waals surface area contributed by atoms with Crippen LogP contribution in [0.5, 0.6) is 0 Å². The molecule has 3 aliphatic carbocycles. The van der Waals surface area contributed by atoms with Crippen LogP contribution < -0.4 is 5.32 Å². The van der Waals surface area contributed by atoms with Gasteiger partial charge in [-0.2, -0.15) is 0 Å². The average molecular weight is 265 g/mol. The first-order valence-corrected chi connectivity index (χ1v) is 8.02. The average Bonchev–Trinajstić information content (AvgIpc) is 3.18. The highest BCUT2D eigenvalue weighted by molar-refractivity contribution is 5.81. The van der Waals surface area contributed by atoms with Gasteiger partial charge in [0.1, 0.15) is 5.54 Å². The van der Waals surface area contributed by atoms with E-state index in [-0.39, 0.29) is 11.5 Å². The molecule has 1 spiro atoms. The van der Waals surface area contributed by atoms with Crippen molar-refractivity contribution in [2.45, 2.75) is 69.7 Å². The predicted octanol–water partition coefficient (Wildman–Crippen LogP) is 3.03. The highest BCUT2D eigenvalue weighted by Crippen LogP contribution is 2.51. The Hall–Kier alpha value is -0.570.